The van der Waals surface area contributed by atoms with Crippen molar-refractivity contribution in [3.8, 4) is 0 Å². The van der Waals surface area contributed by atoms with Crippen molar-refractivity contribution in [3.05, 3.63) is 0 Å². The van der Waals surface area contributed by atoms with Crippen molar-refractivity contribution in [2.75, 3.05) is 20.3 Å². The minimum Gasteiger partial charge on any atom is -0.444 e. The number of ether oxygens (including phenoxy) is 2. The number of carbonyl (C=O) groups is 1. The van der Waals surface area contributed by atoms with Crippen LogP contribution in [-0.2, 0) is 9.47 Å². The minimum absolute atomic E-state index is 0.324. The lowest BCUT2D eigenvalue weighted by molar-refractivity contribution is 0.0526. The molecule has 0 aromatic heterocycles. The molecule has 0 aromatic carbocycles. The van der Waals surface area contributed by atoms with Crippen molar-refractivity contribution in [2.24, 2.45) is 0 Å². The number of hydrogen-bond acceptors (Lipinski definition) is 4. The van der Waals surface area contributed by atoms with Crippen molar-refractivity contribution in [2.45, 2.75) is 65.1 Å². The fraction of sp³-hybridized carbons (Fsp3) is 0.929. The molecule has 0 spiro atoms. The van der Waals surface area contributed by atoms with Gasteiger partial charge < -0.3 is 20.1 Å². The van der Waals surface area contributed by atoms with Gasteiger partial charge in [0.15, 0.2) is 0 Å². The molecule has 0 saturated carbocycles. The molecule has 0 aliphatic carbocycles. The zero-order valence-corrected chi connectivity index (χ0v) is 13.2. The number of alkyl carbamates (subject to hydrolysis) is 1. The van der Waals surface area contributed by atoms with E-state index in [0.29, 0.717) is 25.2 Å². The summed E-state index contributed by atoms with van der Waals surface area (Å²) in [7, 11) is 1.70. The molecule has 1 unspecified atom stereocenters. The summed E-state index contributed by atoms with van der Waals surface area (Å²) in [5.74, 6) is 0. The van der Waals surface area contributed by atoms with Gasteiger partial charge in [-0.1, -0.05) is 13.8 Å². The van der Waals surface area contributed by atoms with E-state index in [1.54, 1.807) is 7.11 Å². The van der Waals surface area contributed by atoms with Gasteiger partial charge in [-0.25, -0.2) is 4.79 Å². The first-order valence-corrected chi connectivity index (χ1v) is 6.96. The molecule has 0 fully saturated rings. The molecule has 1 amide bonds. The highest BCUT2D eigenvalue weighted by Crippen LogP contribution is 2.06. The van der Waals surface area contributed by atoms with Crippen LogP contribution in [0, 0.1) is 0 Å². The predicted molar refractivity (Wildman–Crippen MR) is 77.4 cm³/mol. The van der Waals surface area contributed by atoms with Crippen LogP contribution < -0.4 is 10.6 Å². The largest absolute Gasteiger partial charge is 0.444 e. The Bertz CT molecular complexity index is 250. The summed E-state index contributed by atoms with van der Waals surface area (Å²) in [5.41, 5.74) is -0.443. The van der Waals surface area contributed by atoms with Gasteiger partial charge in [0.05, 0.1) is 6.61 Å². The van der Waals surface area contributed by atoms with E-state index >= 15 is 0 Å². The third-order valence-corrected chi connectivity index (χ3v) is 2.33. The van der Waals surface area contributed by atoms with E-state index in [2.05, 4.69) is 24.5 Å². The highest BCUT2D eigenvalue weighted by Gasteiger charge is 2.15. The Kier molecular flexibility index (Phi) is 8.76. The normalized spacial score (nSPS) is 13.4. The van der Waals surface area contributed by atoms with Gasteiger partial charge in [0.2, 0.25) is 0 Å². The average molecular weight is 274 g/mol. The van der Waals surface area contributed by atoms with Crippen molar-refractivity contribution >= 4 is 6.09 Å². The first-order chi connectivity index (χ1) is 8.74. The lowest BCUT2D eigenvalue weighted by Crippen LogP contribution is -2.39. The first kappa shape index (κ1) is 18.2. The van der Waals surface area contributed by atoms with Crippen molar-refractivity contribution in [1.82, 2.24) is 10.6 Å². The van der Waals surface area contributed by atoms with E-state index < -0.39 is 5.60 Å². The van der Waals surface area contributed by atoms with Crippen LogP contribution in [-0.4, -0.2) is 44.0 Å². The third kappa shape index (κ3) is 12.0. The Morgan fingerprint density at radius 1 is 1.26 bits per heavy atom. The molecule has 1 atom stereocenters. The van der Waals surface area contributed by atoms with Crippen LogP contribution >= 0.6 is 0 Å². The van der Waals surface area contributed by atoms with Crippen LogP contribution in [0.3, 0.4) is 0 Å². The second-order valence-corrected chi connectivity index (χ2v) is 6.04. The lowest BCUT2D eigenvalue weighted by Gasteiger charge is -2.21. The zero-order valence-electron chi connectivity index (χ0n) is 13.2. The SMILES string of the molecule is COCC(CCCNC(=O)OC(C)(C)C)NC(C)C. The van der Waals surface area contributed by atoms with Gasteiger partial charge in [0.25, 0.3) is 0 Å². The molecule has 0 heterocycles. The minimum atomic E-state index is -0.443. The van der Waals surface area contributed by atoms with E-state index in [1.165, 1.54) is 0 Å². The molecule has 0 aliphatic rings. The summed E-state index contributed by atoms with van der Waals surface area (Å²) < 4.78 is 10.3. The van der Waals surface area contributed by atoms with Gasteiger partial charge in [0.1, 0.15) is 5.60 Å². The molecule has 0 bridgehead atoms. The molecule has 19 heavy (non-hydrogen) atoms. The van der Waals surface area contributed by atoms with Crippen molar-refractivity contribution in [1.29, 1.82) is 0 Å². The van der Waals surface area contributed by atoms with Crippen LogP contribution in [0.15, 0.2) is 0 Å². The summed E-state index contributed by atoms with van der Waals surface area (Å²) in [4.78, 5) is 11.4. The molecule has 0 saturated heterocycles. The van der Waals surface area contributed by atoms with E-state index in [4.69, 9.17) is 9.47 Å². The Hall–Kier alpha value is -0.810. The van der Waals surface area contributed by atoms with Gasteiger partial charge >= 0.3 is 6.09 Å². The van der Waals surface area contributed by atoms with Crippen molar-refractivity contribution in [3.63, 3.8) is 0 Å². The molecular weight excluding hydrogens is 244 g/mol. The molecule has 5 nitrogen and oxygen atoms in total. The van der Waals surface area contributed by atoms with Crippen LogP contribution in [0.5, 0.6) is 0 Å². The van der Waals surface area contributed by atoms with E-state index in [9.17, 15) is 4.79 Å². The molecule has 0 rings (SSSR count). The topological polar surface area (TPSA) is 59.6 Å². The number of nitrogens with one attached hydrogen (secondary N) is 2. The number of carbonyl (C=O) groups excluding carboxylic acids is 1. The monoisotopic (exact) mass is 274 g/mol. The molecule has 0 aliphatic heterocycles. The predicted octanol–water partition coefficient (Wildman–Crippen LogP) is 2.30. The smallest absolute Gasteiger partial charge is 0.407 e. The van der Waals surface area contributed by atoms with Crippen molar-refractivity contribution < 1.29 is 14.3 Å². The van der Waals surface area contributed by atoms with Gasteiger partial charge in [-0.05, 0) is 33.6 Å². The quantitative estimate of drug-likeness (QED) is 0.667. The standard InChI is InChI=1S/C14H30N2O3/c1-11(2)16-12(10-18-6)8-7-9-15-13(17)19-14(3,4)5/h11-12,16H,7-10H2,1-6H3,(H,15,17). The lowest BCUT2D eigenvalue weighted by atomic mass is 10.1. The number of amides is 1. The Balaban J connectivity index is 3.78. The third-order valence-electron chi connectivity index (χ3n) is 2.33. The van der Waals surface area contributed by atoms with E-state index in [1.807, 2.05) is 20.8 Å². The maximum atomic E-state index is 11.4. The maximum Gasteiger partial charge on any atom is 0.407 e. The van der Waals surface area contributed by atoms with Gasteiger partial charge in [-0.15, -0.1) is 0 Å². The van der Waals surface area contributed by atoms with E-state index in [0.717, 1.165) is 12.8 Å². The molecule has 0 radical (unpaired) electrons. The highest BCUT2D eigenvalue weighted by molar-refractivity contribution is 5.67. The fourth-order valence-electron chi connectivity index (χ4n) is 1.74. The van der Waals surface area contributed by atoms with Crippen LogP contribution in [0.4, 0.5) is 4.79 Å². The van der Waals surface area contributed by atoms with Crippen LogP contribution in [0.1, 0.15) is 47.5 Å². The molecule has 114 valence electrons. The summed E-state index contributed by atoms with van der Waals surface area (Å²) >= 11 is 0. The van der Waals surface area contributed by atoms with Gasteiger partial charge in [-0.3, -0.25) is 0 Å². The van der Waals surface area contributed by atoms with Crippen LogP contribution in [0.25, 0.3) is 0 Å². The number of hydrogen-bond donors (Lipinski definition) is 2. The Morgan fingerprint density at radius 2 is 1.89 bits per heavy atom. The van der Waals surface area contributed by atoms with Gasteiger partial charge in [-0.2, -0.15) is 0 Å². The summed E-state index contributed by atoms with van der Waals surface area (Å²) in [6.07, 6.45) is 1.50. The molecule has 5 heteroatoms. The second kappa shape index (κ2) is 9.15. The summed E-state index contributed by atoms with van der Waals surface area (Å²) in [6.45, 7) is 11.1. The molecule has 0 aromatic rings. The molecular formula is C14H30N2O3. The fourth-order valence-corrected chi connectivity index (χ4v) is 1.74. The number of methoxy groups -OCH3 is 1. The maximum absolute atomic E-state index is 11.4. The molecule has 2 N–H and O–H groups in total. The number of rotatable bonds is 8. The van der Waals surface area contributed by atoms with E-state index in [-0.39, 0.29) is 6.09 Å². The first-order valence-electron chi connectivity index (χ1n) is 6.96. The second-order valence-electron chi connectivity index (χ2n) is 6.04. The Morgan fingerprint density at radius 3 is 2.37 bits per heavy atom. The highest BCUT2D eigenvalue weighted by atomic mass is 16.6. The average Bonchev–Trinajstić information content (AvgIpc) is 2.21. The summed E-state index contributed by atoms with van der Waals surface area (Å²) in [5, 5.41) is 6.20. The zero-order chi connectivity index (χ0) is 14.9. The summed E-state index contributed by atoms with van der Waals surface area (Å²) in [6, 6.07) is 0.754. The van der Waals surface area contributed by atoms with Gasteiger partial charge in [0, 0.05) is 25.7 Å². The Labute approximate surface area is 117 Å². The van der Waals surface area contributed by atoms with Crippen LogP contribution in [0.2, 0.25) is 0 Å².